The van der Waals surface area contributed by atoms with Gasteiger partial charge in [0.05, 0.1) is 0 Å². The van der Waals surface area contributed by atoms with Crippen LogP contribution in [0.1, 0.15) is 25.7 Å². The van der Waals surface area contributed by atoms with Gasteiger partial charge in [0.25, 0.3) is 5.56 Å². The second-order valence-corrected chi connectivity index (χ2v) is 7.42. The summed E-state index contributed by atoms with van der Waals surface area (Å²) < 4.78 is 1.65. The minimum absolute atomic E-state index is 0.0867. The van der Waals surface area contributed by atoms with Gasteiger partial charge in [0.2, 0.25) is 0 Å². The second-order valence-electron chi connectivity index (χ2n) is 7.42. The van der Waals surface area contributed by atoms with Gasteiger partial charge in [-0.1, -0.05) is 0 Å². The number of benzene rings is 1. The van der Waals surface area contributed by atoms with Gasteiger partial charge in [-0.2, -0.15) is 0 Å². The van der Waals surface area contributed by atoms with Crippen molar-refractivity contribution in [2.75, 3.05) is 31.1 Å². The minimum atomic E-state index is 0.0867. The van der Waals surface area contributed by atoms with Crippen molar-refractivity contribution in [2.24, 2.45) is 18.9 Å². The third-order valence-electron chi connectivity index (χ3n) is 6.02. The average molecular weight is 325 g/mol. The number of nitrogens with zero attached hydrogens (tertiary/aromatic N) is 2. The van der Waals surface area contributed by atoms with Crippen molar-refractivity contribution < 1.29 is 0 Å². The van der Waals surface area contributed by atoms with Crippen molar-refractivity contribution in [1.29, 1.82) is 0 Å². The molecule has 0 radical (unpaired) electrons. The summed E-state index contributed by atoms with van der Waals surface area (Å²) in [6.07, 6.45) is 7.17. The number of nitrogens with one attached hydrogen (secondary N) is 1. The van der Waals surface area contributed by atoms with Crippen LogP contribution >= 0.6 is 0 Å². The number of hydrogen-bond donors (Lipinski definition) is 1. The number of piperidine rings is 2. The van der Waals surface area contributed by atoms with E-state index in [1.165, 1.54) is 44.5 Å². The van der Waals surface area contributed by atoms with Gasteiger partial charge in [0, 0.05) is 37.4 Å². The Hall–Kier alpha value is -1.81. The summed E-state index contributed by atoms with van der Waals surface area (Å²) in [6.45, 7) is 4.69. The Morgan fingerprint density at radius 2 is 1.71 bits per heavy atom. The number of aromatic nitrogens is 1. The summed E-state index contributed by atoms with van der Waals surface area (Å²) in [7, 11) is 1.81. The van der Waals surface area contributed by atoms with Gasteiger partial charge < -0.3 is 14.8 Å². The van der Waals surface area contributed by atoms with Crippen LogP contribution in [0.25, 0.3) is 10.8 Å². The van der Waals surface area contributed by atoms with Crippen LogP contribution in [0.2, 0.25) is 0 Å². The Morgan fingerprint density at radius 3 is 2.46 bits per heavy atom. The van der Waals surface area contributed by atoms with Crippen LogP contribution in [-0.4, -0.2) is 30.7 Å². The molecule has 2 saturated heterocycles. The van der Waals surface area contributed by atoms with Crippen molar-refractivity contribution in [3.05, 3.63) is 40.8 Å². The predicted molar refractivity (Wildman–Crippen MR) is 99.7 cm³/mol. The van der Waals surface area contributed by atoms with E-state index in [1.807, 2.05) is 18.3 Å². The molecule has 4 heteroatoms. The van der Waals surface area contributed by atoms with Crippen molar-refractivity contribution in [1.82, 2.24) is 9.88 Å². The Bertz CT molecular complexity index is 768. The molecule has 2 aliphatic rings. The molecule has 0 saturated carbocycles. The van der Waals surface area contributed by atoms with E-state index in [4.69, 9.17) is 0 Å². The molecule has 2 aliphatic heterocycles. The van der Waals surface area contributed by atoms with Gasteiger partial charge >= 0.3 is 0 Å². The molecule has 1 aromatic carbocycles. The second kappa shape index (κ2) is 6.60. The average Bonchev–Trinajstić information content (AvgIpc) is 2.65. The lowest BCUT2D eigenvalue weighted by molar-refractivity contribution is 0.222. The SMILES string of the molecule is Cn1ccc2cc(N3CCC(C4CCNCC4)CC3)ccc2c1=O. The topological polar surface area (TPSA) is 37.3 Å². The highest BCUT2D eigenvalue weighted by atomic mass is 16.1. The molecule has 24 heavy (non-hydrogen) atoms. The third kappa shape index (κ3) is 2.95. The van der Waals surface area contributed by atoms with Gasteiger partial charge in [-0.05, 0) is 80.3 Å². The molecule has 1 N–H and O–H groups in total. The van der Waals surface area contributed by atoms with Crippen LogP contribution in [0.5, 0.6) is 0 Å². The van der Waals surface area contributed by atoms with Crippen molar-refractivity contribution in [3.63, 3.8) is 0 Å². The minimum Gasteiger partial charge on any atom is -0.371 e. The molecule has 0 amide bonds. The van der Waals surface area contributed by atoms with E-state index in [0.717, 1.165) is 35.7 Å². The van der Waals surface area contributed by atoms with Gasteiger partial charge in [0.15, 0.2) is 0 Å². The van der Waals surface area contributed by atoms with Crippen LogP contribution in [0, 0.1) is 11.8 Å². The number of anilines is 1. The quantitative estimate of drug-likeness (QED) is 0.922. The van der Waals surface area contributed by atoms with Crippen LogP contribution in [-0.2, 0) is 7.05 Å². The monoisotopic (exact) mass is 325 g/mol. The number of rotatable bonds is 2. The maximum Gasteiger partial charge on any atom is 0.258 e. The molecule has 4 nitrogen and oxygen atoms in total. The molecule has 0 aliphatic carbocycles. The summed E-state index contributed by atoms with van der Waals surface area (Å²) in [5.74, 6) is 1.82. The molecule has 0 spiro atoms. The molecule has 2 fully saturated rings. The molecule has 0 atom stereocenters. The Morgan fingerprint density at radius 1 is 1.00 bits per heavy atom. The lowest BCUT2D eigenvalue weighted by Gasteiger charge is -2.38. The Kier molecular flexibility index (Phi) is 4.31. The Labute approximate surface area is 143 Å². The van der Waals surface area contributed by atoms with Crippen LogP contribution in [0.3, 0.4) is 0 Å². The summed E-state index contributed by atoms with van der Waals surface area (Å²) in [5, 5.41) is 5.34. The van der Waals surface area contributed by atoms with Crippen molar-refractivity contribution >= 4 is 16.5 Å². The lowest BCUT2D eigenvalue weighted by Crippen LogP contribution is -2.39. The molecule has 3 heterocycles. The zero-order chi connectivity index (χ0) is 16.5. The van der Waals surface area contributed by atoms with Gasteiger partial charge in [0.1, 0.15) is 0 Å². The maximum absolute atomic E-state index is 12.2. The molecule has 4 rings (SSSR count). The van der Waals surface area contributed by atoms with E-state index >= 15 is 0 Å². The first-order chi connectivity index (χ1) is 11.7. The highest BCUT2D eigenvalue weighted by Gasteiger charge is 2.27. The fourth-order valence-electron chi connectivity index (χ4n) is 4.47. The summed E-state index contributed by atoms with van der Waals surface area (Å²) in [5.41, 5.74) is 1.35. The Balaban J connectivity index is 1.48. The number of hydrogen-bond acceptors (Lipinski definition) is 3. The lowest BCUT2D eigenvalue weighted by atomic mass is 9.79. The molecule has 0 bridgehead atoms. The summed E-state index contributed by atoms with van der Waals surface area (Å²) >= 11 is 0. The number of fused-ring (bicyclic) bond motifs is 1. The number of pyridine rings is 1. The zero-order valence-electron chi connectivity index (χ0n) is 14.5. The van der Waals surface area contributed by atoms with E-state index in [-0.39, 0.29) is 5.56 Å². The fourth-order valence-corrected chi connectivity index (χ4v) is 4.47. The molecule has 128 valence electrons. The third-order valence-corrected chi connectivity index (χ3v) is 6.02. The maximum atomic E-state index is 12.2. The zero-order valence-corrected chi connectivity index (χ0v) is 14.5. The van der Waals surface area contributed by atoms with E-state index in [0.29, 0.717) is 0 Å². The van der Waals surface area contributed by atoms with E-state index in [2.05, 4.69) is 22.3 Å². The van der Waals surface area contributed by atoms with Crippen molar-refractivity contribution in [3.8, 4) is 0 Å². The predicted octanol–water partition coefficient (Wildman–Crippen LogP) is 2.75. The van der Waals surface area contributed by atoms with E-state index < -0.39 is 0 Å². The van der Waals surface area contributed by atoms with Crippen LogP contribution in [0.15, 0.2) is 35.3 Å². The van der Waals surface area contributed by atoms with Crippen LogP contribution < -0.4 is 15.8 Å². The van der Waals surface area contributed by atoms with Crippen molar-refractivity contribution in [2.45, 2.75) is 25.7 Å². The van der Waals surface area contributed by atoms with Gasteiger partial charge in [-0.25, -0.2) is 0 Å². The molecular formula is C20H27N3O. The van der Waals surface area contributed by atoms with Gasteiger partial charge in [-0.15, -0.1) is 0 Å². The smallest absolute Gasteiger partial charge is 0.258 e. The standard InChI is InChI=1S/C20H27N3O/c1-22-11-6-17-14-18(2-3-19(17)20(22)24)23-12-7-16(8-13-23)15-4-9-21-10-5-15/h2-3,6,11,14-16,21H,4-5,7-10,12-13H2,1H3. The fraction of sp³-hybridized carbons (Fsp3) is 0.550. The van der Waals surface area contributed by atoms with Crippen LogP contribution in [0.4, 0.5) is 5.69 Å². The summed E-state index contributed by atoms with van der Waals surface area (Å²) in [4.78, 5) is 14.7. The van der Waals surface area contributed by atoms with Gasteiger partial charge in [-0.3, -0.25) is 4.79 Å². The first kappa shape index (κ1) is 15.7. The normalized spacial score (nSPS) is 20.6. The van der Waals surface area contributed by atoms with E-state index in [1.54, 1.807) is 11.6 Å². The molecule has 0 unspecified atom stereocenters. The largest absolute Gasteiger partial charge is 0.371 e. The molecular weight excluding hydrogens is 298 g/mol. The van der Waals surface area contributed by atoms with E-state index in [9.17, 15) is 4.79 Å². The molecule has 1 aromatic heterocycles. The first-order valence-corrected chi connectivity index (χ1v) is 9.27. The highest BCUT2D eigenvalue weighted by Crippen LogP contribution is 2.33. The highest BCUT2D eigenvalue weighted by molar-refractivity contribution is 5.85. The number of aryl methyl sites for hydroxylation is 1. The molecule has 2 aromatic rings. The summed E-state index contributed by atoms with van der Waals surface area (Å²) in [6, 6.07) is 8.34. The first-order valence-electron chi connectivity index (χ1n) is 9.27.